The highest BCUT2D eigenvalue weighted by atomic mass is 16.3. The zero-order valence-electron chi connectivity index (χ0n) is 16.9. The van der Waals surface area contributed by atoms with Crippen molar-refractivity contribution in [3.8, 4) is 0 Å². The molecule has 0 radical (unpaired) electrons. The number of nitrogens with one attached hydrogen (secondary N) is 1. The molecule has 4 rings (SSSR count). The lowest BCUT2D eigenvalue weighted by Crippen LogP contribution is -2.46. The Morgan fingerprint density at radius 3 is 2.62 bits per heavy atom. The van der Waals surface area contributed by atoms with Crippen LogP contribution in [0.3, 0.4) is 0 Å². The van der Waals surface area contributed by atoms with Crippen LogP contribution < -0.4 is 15.1 Å². The number of hydrogen-bond acceptors (Lipinski definition) is 5. The van der Waals surface area contributed by atoms with Crippen molar-refractivity contribution in [3.63, 3.8) is 0 Å². The fourth-order valence-electron chi connectivity index (χ4n) is 3.69. The monoisotopic (exact) mass is 390 g/mol. The van der Waals surface area contributed by atoms with E-state index in [2.05, 4.69) is 52.1 Å². The van der Waals surface area contributed by atoms with Crippen molar-refractivity contribution in [1.29, 1.82) is 0 Å². The van der Waals surface area contributed by atoms with Crippen molar-refractivity contribution in [2.24, 2.45) is 0 Å². The van der Waals surface area contributed by atoms with Crippen molar-refractivity contribution < 1.29 is 9.21 Å². The largest absolute Gasteiger partial charge is 0.467 e. The molecule has 0 atom stereocenters. The van der Waals surface area contributed by atoms with Crippen LogP contribution in [-0.2, 0) is 6.54 Å². The van der Waals surface area contributed by atoms with Gasteiger partial charge >= 0.3 is 0 Å². The summed E-state index contributed by atoms with van der Waals surface area (Å²) in [5.74, 6) is 0.579. The van der Waals surface area contributed by atoms with Gasteiger partial charge in [-0.25, -0.2) is 0 Å². The highest BCUT2D eigenvalue weighted by Gasteiger charge is 2.20. The zero-order chi connectivity index (χ0) is 20.2. The molecule has 1 aliphatic rings. The molecule has 1 amide bonds. The number of amides is 1. The first kappa shape index (κ1) is 19.1. The Morgan fingerprint density at radius 2 is 1.86 bits per heavy atom. The molecular weight excluding hydrogens is 364 g/mol. The molecular formula is C23H26N4O2. The third-order valence-electron chi connectivity index (χ3n) is 5.55. The molecule has 3 heterocycles. The number of aryl methyl sites for hydroxylation is 1. The van der Waals surface area contributed by atoms with E-state index in [-0.39, 0.29) is 5.91 Å². The minimum absolute atomic E-state index is 0.148. The van der Waals surface area contributed by atoms with Gasteiger partial charge in [0.25, 0.3) is 5.91 Å². The van der Waals surface area contributed by atoms with Crippen molar-refractivity contribution in [2.75, 3.05) is 36.0 Å². The fourth-order valence-corrected chi connectivity index (χ4v) is 3.69. The van der Waals surface area contributed by atoms with Crippen LogP contribution >= 0.6 is 0 Å². The molecule has 1 saturated heterocycles. The summed E-state index contributed by atoms with van der Waals surface area (Å²) in [4.78, 5) is 21.5. The lowest BCUT2D eigenvalue weighted by atomic mass is 10.1. The van der Waals surface area contributed by atoms with Gasteiger partial charge in [0.1, 0.15) is 5.76 Å². The molecule has 0 bridgehead atoms. The summed E-state index contributed by atoms with van der Waals surface area (Å²) in [6.45, 7) is 8.39. The van der Waals surface area contributed by atoms with Crippen LogP contribution in [0, 0.1) is 13.8 Å². The van der Waals surface area contributed by atoms with Gasteiger partial charge in [-0.05, 0) is 49.2 Å². The first-order chi connectivity index (χ1) is 14.1. The Kier molecular flexibility index (Phi) is 5.51. The first-order valence-corrected chi connectivity index (χ1v) is 9.93. The van der Waals surface area contributed by atoms with Gasteiger partial charge in [-0.2, -0.15) is 0 Å². The van der Waals surface area contributed by atoms with E-state index in [1.54, 1.807) is 12.5 Å². The molecule has 150 valence electrons. The van der Waals surface area contributed by atoms with Crippen LogP contribution in [0.1, 0.15) is 27.2 Å². The summed E-state index contributed by atoms with van der Waals surface area (Å²) < 4.78 is 5.26. The van der Waals surface area contributed by atoms with Crippen molar-refractivity contribution >= 4 is 17.3 Å². The predicted molar refractivity (Wildman–Crippen MR) is 114 cm³/mol. The number of carbonyl (C=O) groups excluding carboxylic acids is 1. The topological polar surface area (TPSA) is 61.6 Å². The maximum absolute atomic E-state index is 12.5. The van der Waals surface area contributed by atoms with Gasteiger partial charge in [-0.1, -0.05) is 12.1 Å². The Bertz CT molecular complexity index is 976. The minimum atomic E-state index is -0.148. The van der Waals surface area contributed by atoms with Gasteiger partial charge in [0.2, 0.25) is 0 Å². The van der Waals surface area contributed by atoms with Crippen molar-refractivity contribution in [3.05, 3.63) is 77.5 Å². The zero-order valence-corrected chi connectivity index (χ0v) is 16.9. The van der Waals surface area contributed by atoms with Gasteiger partial charge < -0.3 is 19.5 Å². The molecule has 0 spiro atoms. The third kappa shape index (κ3) is 4.26. The summed E-state index contributed by atoms with van der Waals surface area (Å²) in [6.07, 6.45) is 5.03. The van der Waals surface area contributed by atoms with Gasteiger partial charge in [0, 0.05) is 38.1 Å². The number of benzene rings is 1. The highest BCUT2D eigenvalue weighted by molar-refractivity contribution is 5.94. The second kappa shape index (κ2) is 8.39. The quantitative estimate of drug-likeness (QED) is 0.722. The van der Waals surface area contributed by atoms with E-state index in [1.807, 2.05) is 24.4 Å². The van der Waals surface area contributed by atoms with Crippen LogP contribution in [0.25, 0.3) is 0 Å². The SMILES string of the molecule is Cc1cccc(N2CCN(c3cncc(C(=O)NCc4ccco4)c3)CC2)c1C. The molecule has 1 aliphatic heterocycles. The lowest BCUT2D eigenvalue weighted by Gasteiger charge is -2.38. The Morgan fingerprint density at radius 1 is 1.07 bits per heavy atom. The van der Waals surface area contributed by atoms with Crippen LogP contribution in [-0.4, -0.2) is 37.1 Å². The van der Waals surface area contributed by atoms with E-state index in [1.165, 1.54) is 16.8 Å². The lowest BCUT2D eigenvalue weighted by molar-refractivity contribution is 0.0947. The average molecular weight is 390 g/mol. The first-order valence-electron chi connectivity index (χ1n) is 9.93. The molecule has 1 aromatic carbocycles. The van der Waals surface area contributed by atoms with Gasteiger partial charge in [0.15, 0.2) is 0 Å². The van der Waals surface area contributed by atoms with Crippen LogP contribution in [0.5, 0.6) is 0 Å². The number of nitrogens with zero attached hydrogens (tertiary/aromatic N) is 3. The molecule has 0 saturated carbocycles. The minimum Gasteiger partial charge on any atom is -0.467 e. The van der Waals surface area contributed by atoms with E-state index in [0.29, 0.717) is 12.1 Å². The normalized spacial score (nSPS) is 14.1. The number of rotatable bonds is 5. The van der Waals surface area contributed by atoms with Crippen LogP contribution in [0.4, 0.5) is 11.4 Å². The molecule has 0 unspecified atom stereocenters. The second-order valence-electron chi connectivity index (χ2n) is 7.39. The van der Waals surface area contributed by atoms with Crippen LogP contribution in [0.15, 0.2) is 59.5 Å². The summed E-state index contributed by atoms with van der Waals surface area (Å²) in [6, 6.07) is 12.0. The Labute approximate surface area is 171 Å². The number of aromatic nitrogens is 1. The molecule has 1 fully saturated rings. The number of furan rings is 1. The fraction of sp³-hybridized carbons (Fsp3) is 0.304. The predicted octanol–water partition coefficient (Wildman–Crippen LogP) is 3.55. The van der Waals surface area contributed by atoms with Crippen molar-refractivity contribution in [1.82, 2.24) is 10.3 Å². The second-order valence-corrected chi connectivity index (χ2v) is 7.39. The van der Waals surface area contributed by atoms with Crippen molar-refractivity contribution in [2.45, 2.75) is 20.4 Å². The molecule has 6 nitrogen and oxygen atoms in total. The smallest absolute Gasteiger partial charge is 0.253 e. The molecule has 29 heavy (non-hydrogen) atoms. The number of hydrogen-bond donors (Lipinski definition) is 1. The van der Waals surface area contributed by atoms with E-state index in [9.17, 15) is 4.79 Å². The molecule has 2 aromatic heterocycles. The molecule has 0 aliphatic carbocycles. The summed E-state index contributed by atoms with van der Waals surface area (Å²) >= 11 is 0. The summed E-state index contributed by atoms with van der Waals surface area (Å²) in [7, 11) is 0. The highest BCUT2D eigenvalue weighted by Crippen LogP contribution is 2.25. The van der Waals surface area contributed by atoms with Crippen LogP contribution in [0.2, 0.25) is 0 Å². The maximum Gasteiger partial charge on any atom is 0.253 e. The van der Waals surface area contributed by atoms with E-state index in [0.717, 1.165) is 37.6 Å². The number of piperazine rings is 1. The molecule has 6 heteroatoms. The van der Waals surface area contributed by atoms with Gasteiger partial charge in [0.05, 0.1) is 30.3 Å². The Hall–Kier alpha value is -3.28. The standard InChI is InChI=1S/C23H26N4O2/c1-17-5-3-7-22(18(17)2)27-10-8-26(9-11-27)20-13-19(14-24-15-20)23(28)25-16-21-6-4-12-29-21/h3-7,12-15H,8-11,16H2,1-2H3,(H,25,28). The number of carbonyl (C=O) groups is 1. The average Bonchev–Trinajstić information content (AvgIpc) is 3.28. The number of pyridine rings is 1. The molecule has 1 N–H and O–H groups in total. The Balaban J connectivity index is 1.39. The van der Waals surface area contributed by atoms with E-state index >= 15 is 0 Å². The van der Waals surface area contributed by atoms with E-state index < -0.39 is 0 Å². The maximum atomic E-state index is 12.5. The number of anilines is 2. The van der Waals surface area contributed by atoms with E-state index in [4.69, 9.17) is 4.42 Å². The van der Waals surface area contributed by atoms with Gasteiger partial charge in [-0.3, -0.25) is 9.78 Å². The molecule has 3 aromatic rings. The third-order valence-corrected chi connectivity index (χ3v) is 5.55. The van der Waals surface area contributed by atoms with Gasteiger partial charge in [-0.15, -0.1) is 0 Å². The summed E-state index contributed by atoms with van der Waals surface area (Å²) in [5.41, 5.74) is 5.52. The summed E-state index contributed by atoms with van der Waals surface area (Å²) in [5, 5.41) is 2.87.